The van der Waals surface area contributed by atoms with Crippen molar-refractivity contribution in [1.29, 1.82) is 0 Å². The molecule has 1 unspecified atom stereocenters. The fraction of sp³-hybridized carbons (Fsp3) is 0.471. The molecule has 5 nitrogen and oxygen atoms in total. The van der Waals surface area contributed by atoms with Gasteiger partial charge < -0.3 is 11.1 Å². The van der Waals surface area contributed by atoms with Gasteiger partial charge in [-0.3, -0.25) is 9.78 Å². The highest BCUT2D eigenvalue weighted by molar-refractivity contribution is 7.10. The van der Waals surface area contributed by atoms with E-state index in [0.29, 0.717) is 6.54 Å². The third-order valence-electron chi connectivity index (χ3n) is 4.44. The van der Waals surface area contributed by atoms with Crippen molar-refractivity contribution in [2.24, 2.45) is 11.1 Å². The van der Waals surface area contributed by atoms with E-state index in [-0.39, 0.29) is 36.8 Å². The quantitative estimate of drug-likeness (QED) is 0.730. The van der Waals surface area contributed by atoms with Gasteiger partial charge in [-0.15, -0.1) is 36.2 Å². The van der Waals surface area contributed by atoms with Crippen LogP contribution in [0.1, 0.15) is 44.7 Å². The monoisotopic (exact) mass is 404 g/mol. The zero-order valence-electron chi connectivity index (χ0n) is 14.7. The summed E-state index contributed by atoms with van der Waals surface area (Å²) in [5.41, 5.74) is 7.29. The summed E-state index contributed by atoms with van der Waals surface area (Å²) in [6, 6.07) is 3.72. The van der Waals surface area contributed by atoms with Crippen molar-refractivity contribution in [3.63, 3.8) is 0 Å². The van der Waals surface area contributed by atoms with E-state index in [1.165, 1.54) is 0 Å². The van der Waals surface area contributed by atoms with E-state index in [1.54, 1.807) is 23.7 Å². The summed E-state index contributed by atoms with van der Waals surface area (Å²) >= 11 is 1.55. The van der Waals surface area contributed by atoms with Gasteiger partial charge in [0.15, 0.2) is 0 Å². The zero-order valence-corrected chi connectivity index (χ0v) is 17.1. The first-order valence-corrected chi connectivity index (χ1v) is 8.81. The number of aromatic nitrogens is 2. The number of halogens is 2. The van der Waals surface area contributed by atoms with Crippen molar-refractivity contribution in [2.45, 2.75) is 39.7 Å². The summed E-state index contributed by atoms with van der Waals surface area (Å²) in [6.45, 7) is 6.33. The van der Waals surface area contributed by atoms with Crippen LogP contribution < -0.4 is 11.1 Å². The lowest BCUT2D eigenvalue weighted by Crippen LogP contribution is -2.46. The Balaban J connectivity index is 0.00000288. The van der Waals surface area contributed by atoms with Crippen molar-refractivity contribution in [3.8, 4) is 11.3 Å². The van der Waals surface area contributed by atoms with Crippen LogP contribution in [0, 0.1) is 5.41 Å². The molecule has 0 spiro atoms. The number of nitrogens with one attached hydrogen (secondary N) is 1. The Labute approximate surface area is 165 Å². The van der Waals surface area contributed by atoms with Gasteiger partial charge >= 0.3 is 0 Å². The molecule has 0 aliphatic heterocycles. The topological polar surface area (TPSA) is 80.9 Å². The third kappa shape index (κ3) is 5.38. The molecule has 0 aliphatic rings. The minimum atomic E-state index is -0.487. The van der Waals surface area contributed by atoms with Crippen molar-refractivity contribution in [2.75, 3.05) is 6.54 Å². The molecule has 2 aromatic heterocycles. The molecule has 0 aliphatic carbocycles. The van der Waals surface area contributed by atoms with Crippen molar-refractivity contribution >= 4 is 42.1 Å². The van der Waals surface area contributed by atoms with E-state index in [2.05, 4.69) is 15.3 Å². The summed E-state index contributed by atoms with van der Waals surface area (Å²) < 4.78 is 0. The summed E-state index contributed by atoms with van der Waals surface area (Å²) in [5, 5.41) is 5.97. The number of thiazole rings is 1. The predicted molar refractivity (Wildman–Crippen MR) is 108 cm³/mol. The van der Waals surface area contributed by atoms with Crippen LogP contribution in [0.4, 0.5) is 0 Å². The molecule has 25 heavy (non-hydrogen) atoms. The molecule has 1 atom stereocenters. The van der Waals surface area contributed by atoms with Gasteiger partial charge in [-0.05, 0) is 31.9 Å². The smallest absolute Gasteiger partial charge is 0.228 e. The van der Waals surface area contributed by atoms with Gasteiger partial charge in [0.2, 0.25) is 5.91 Å². The van der Waals surface area contributed by atoms with E-state index in [0.717, 1.165) is 29.1 Å². The maximum absolute atomic E-state index is 12.6. The second-order valence-electron chi connectivity index (χ2n) is 5.69. The minimum Gasteiger partial charge on any atom is -0.347 e. The maximum atomic E-state index is 12.6. The Morgan fingerprint density at radius 2 is 1.88 bits per heavy atom. The molecule has 0 bridgehead atoms. The number of hydrogen-bond donors (Lipinski definition) is 2. The Bertz CT molecular complexity index is 639. The van der Waals surface area contributed by atoms with E-state index >= 15 is 0 Å². The first kappa shape index (κ1) is 23.8. The summed E-state index contributed by atoms with van der Waals surface area (Å²) in [4.78, 5) is 21.2. The average molecular weight is 405 g/mol. The van der Waals surface area contributed by atoms with Gasteiger partial charge in [-0.2, -0.15) is 0 Å². The van der Waals surface area contributed by atoms with Gasteiger partial charge in [0.05, 0.1) is 17.2 Å². The lowest BCUT2D eigenvalue weighted by molar-refractivity contribution is -0.131. The minimum absolute atomic E-state index is 0. The summed E-state index contributed by atoms with van der Waals surface area (Å²) in [5.74, 6) is 0.0122. The van der Waals surface area contributed by atoms with Crippen molar-refractivity contribution in [1.82, 2.24) is 15.3 Å². The Morgan fingerprint density at radius 1 is 1.28 bits per heavy atom. The standard InChI is InChI=1S/C17H24N4OS.2ClH/c1-4-17(5-2,11-18)16(22)20-12(3)15-21-14(10-23-15)13-6-8-19-9-7-13;;/h6-10,12H,4-5,11,18H2,1-3H3,(H,20,22);2*1H. The van der Waals surface area contributed by atoms with Gasteiger partial charge in [-0.1, -0.05) is 13.8 Å². The molecule has 0 aromatic carbocycles. The Morgan fingerprint density at radius 3 is 2.40 bits per heavy atom. The second kappa shape index (κ2) is 10.7. The number of nitrogens with zero attached hydrogens (tertiary/aromatic N) is 2. The molecule has 3 N–H and O–H groups in total. The second-order valence-corrected chi connectivity index (χ2v) is 6.58. The molecule has 0 radical (unpaired) electrons. The third-order valence-corrected chi connectivity index (χ3v) is 5.47. The molecular weight excluding hydrogens is 379 g/mol. The van der Waals surface area contributed by atoms with Crippen LogP contribution in [0.25, 0.3) is 11.3 Å². The van der Waals surface area contributed by atoms with Gasteiger partial charge in [0, 0.05) is 29.9 Å². The largest absolute Gasteiger partial charge is 0.347 e. The van der Waals surface area contributed by atoms with E-state index < -0.39 is 5.41 Å². The van der Waals surface area contributed by atoms with E-state index in [4.69, 9.17) is 5.73 Å². The molecule has 0 saturated carbocycles. The number of carbonyl (C=O) groups is 1. The lowest BCUT2D eigenvalue weighted by atomic mass is 9.81. The molecule has 8 heteroatoms. The van der Waals surface area contributed by atoms with Crippen LogP contribution in [0.2, 0.25) is 0 Å². The van der Waals surface area contributed by atoms with Gasteiger partial charge in [0.25, 0.3) is 0 Å². The molecule has 2 aromatic rings. The van der Waals surface area contributed by atoms with Crippen LogP contribution in [0.15, 0.2) is 29.9 Å². The molecule has 0 saturated heterocycles. The molecule has 2 heterocycles. The van der Waals surface area contributed by atoms with Gasteiger partial charge in [0.1, 0.15) is 5.01 Å². The number of rotatable bonds is 7. The SMILES string of the molecule is CCC(CC)(CN)C(=O)NC(C)c1nc(-c2ccncc2)cs1.Cl.Cl. The van der Waals surface area contributed by atoms with Gasteiger partial charge in [-0.25, -0.2) is 4.98 Å². The maximum Gasteiger partial charge on any atom is 0.228 e. The number of amides is 1. The van der Waals surface area contributed by atoms with Crippen molar-refractivity contribution < 1.29 is 4.79 Å². The average Bonchev–Trinajstić information content (AvgIpc) is 3.08. The summed E-state index contributed by atoms with van der Waals surface area (Å²) in [7, 11) is 0. The molecule has 2 rings (SSSR count). The van der Waals surface area contributed by atoms with Crippen LogP contribution in [0.3, 0.4) is 0 Å². The molecule has 1 amide bonds. The molecule has 140 valence electrons. The Kier molecular flexibility index (Phi) is 10.2. The fourth-order valence-corrected chi connectivity index (χ4v) is 3.34. The Hall–Kier alpha value is -1.21. The molecular formula is C17H26Cl2N4OS. The van der Waals surface area contributed by atoms with E-state index in [1.807, 2.05) is 38.3 Å². The first-order valence-electron chi connectivity index (χ1n) is 7.93. The van der Waals surface area contributed by atoms with Crippen LogP contribution in [-0.4, -0.2) is 22.4 Å². The summed E-state index contributed by atoms with van der Waals surface area (Å²) in [6.07, 6.45) is 4.96. The highest BCUT2D eigenvalue weighted by atomic mass is 35.5. The number of hydrogen-bond acceptors (Lipinski definition) is 5. The molecule has 0 fully saturated rings. The first-order chi connectivity index (χ1) is 11.1. The predicted octanol–water partition coefficient (Wildman–Crippen LogP) is 3.99. The zero-order chi connectivity index (χ0) is 16.9. The normalized spacial score (nSPS) is 11.8. The fourth-order valence-electron chi connectivity index (χ4n) is 2.51. The highest BCUT2D eigenvalue weighted by Gasteiger charge is 2.34. The number of nitrogens with two attached hydrogens (primary N) is 1. The number of pyridine rings is 1. The van der Waals surface area contributed by atoms with Crippen LogP contribution >= 0.6 is 36.2 Å². The van der Waals surface area contributed by atoms with E-state index in [9.17, 15) is 4.79 Å². The lowest BCUT2D eigenvalue weighted by Gasteiger charge is -2.29. The van der Waals surface area contributed by atoms with Crippen molar-refractivity contribution in [3.05, 3.63) is 34.9 Å². The van der Waals surface area contributed by atoms with Crippen LogP contribution in [0.5, 0.6) is 0 Å². The van der Waals surface area contributed by atoms with Crippen LogP contribution in [-0.2, 0) is 4.79 Å². The number of carbonyl (C=O) groups excluding carboxylic acids is 1. The highest BCUT2D eigenvalue weighted by Crippen LogP contribution is 2.28.